The van der Waals surface area contributed by atoms with Crippen molar-refractivity contribution >= 4 is 0 Å². The van der Waals surface area contributed by atoms with Crippen LogP contribution in [-0.4, -0.2) is 0 Å². The van der Waals surface area contributed by atoms with E-state index in [1.54, 1.807) is 0 Å². The maximum Gasteiger partial charge on any atom is 0.0782 e. The van der Waals surface area contributed by atoms with E-state index in [4.69, 9.17) is 0 Å². The van der Waals surface area contributed by atoms with E-state index < -0.39 is 0 Å². The van der Waals surface area contributed by atoms with E-state index in [1.807, 2.05) is 0 Å². The molecule has 0 saturated heterocycles. The van der Waals surface area contributed by atoms with Gasteiger partial charge in [0.25, 0.3) is 0 Å². The van der Waals surface area contributed by atoms with E-state index in [0.717, 1.165) is 24.7 Å². The maximum absolute atomic E-state index is 9.87. The zero-order valence-electron chi connectivity index (χ0n) is 14.9. The van der Waals surface area contributed by atoms with Crippen LogP contribution in [0.1, 0.15) is 97.3 Å². The Bertz CT molecular complexity index is 393. The Morgan fingerprint density at radius 3 is 2.18 bits per heavy atom. The third-order valence-corrected chi connectivity index (χ3v) is 6.24. The molecule has 0 spiro atoms. The second kappa shape index (κ2) is 8.76. The van der Waals surface area contributed by atoms with Gasteiger partial charge >= 0.3 is 0 Å². The van der Waals surface area contributed by atoms with Crippen LogP contribution in [0.15, 0.2) is 11.6 Å². The van der Waals surface area contributed by atoms with Gasteiger partial charge in [-0.15, -0.1) is 0 Å². The highest BCUT2D eigenvalue weighted by Gasteiger charge is 2.39. The van der Waals surface area contributed by atoms with E-state index in [0.29, 0.717) is 0 Å². The summed E-state index contributed by atoms with van der Waals surface area (Å²) >= 11 is 0. The van der Waals surface area contributed by atoms with Crippen molar-refractivity contribution in [2.75, 3.05) is 0 Å². The Labute approximate surface area is 138 Å². The van der Waals surface area contributed by atoms with Crippen molar-refractivity contribution < 1.29 is 0 Å². The number of hydrogen-bond donors (Lipinski definition) is 0. The topological polar surface area (TPSA) is 23.8 Å². The normalized spacial score (nSPS) is 32.3. The van der Waals surface area contributed by atoms with Gasteiger partial charge < -0.3 is 0 Å². The van der Waals surface area contributed by atoms with Gasteiger partial charge in [-0.25, -0.2) is 0 Å². The number of nitrogens with zero attached hydrogens (tertiary/aromatic N) is 1. The summed E-state index contributed by atoms with van der Waals surface area (Å²) in [6, 6.07) is 2.75. The van der Waals surface area contributed by atoms with Crippen molar-refractivity contribution in [1.82, 2.24) is 0 Å². The smallest absolute Gasteiger partial charge is 0.0782 e. The Morgan fingerprint density at radius 1 is 1.05 bits per heavy atom. The van der Waals surface area contributed by atoms with Crippen molar-refractivity contribution in [2.45, 2.75) is 97.3 Å². The molecule has 0 aromatic carbocycles. The summed E-state index contributed by atoms with van der Waals surface area (Å²) in [7, 11) is 0. The molecule has 0 N–H and O–H groups in total. The maximum atomic E-state index is 9.87. The minimum absolute atomic E-state index is 0.0849. The second-order valence-electron chi connectivity index (χ2n) is 7.79. The molecule has 0 aromatic rings. The van der Waals surface area contributed by atoms with Gasteiger partial charge in [-0.3, -0.25) is 0 Å². The van der Waals surface area contributed by atoms with Crippen molar-refractivity contribution in [1.29, 1.82) is 5.26 Å². The fourth-order valence-corrected chi connectivity index (χ4v) is 4.53. The summed E-state index contributed by atoms with van der Waals surface area (Å²) in [6.45, 7) is 4.57. The van der Waals surface area contributed by atoms with Crippen LogP contribution in [0.25, 0.3) is 0 Å². The fraction of sp³-hybridized carbons (Fsp3) is 0.857. The summed E-state index contributed by atoms with van der Waals surface area (Å²) in [5, 5.41) is 9.87. The lowest BCUT2D eigenvalue weighted by molar-refractivity contribution is 0.222. The molecule has 2 aliphatic rings. The summed E-state index contributed by atoms with van der Waals surface area (Å²) in [6.07, 6.45) is 19.2. The van der Waals surface area contributed by atoms with Crippen molar-refractivity contribution in [3.63, 3.8) is 0 Å². The first-order valence-electron chi connectivity index (χ1n) is 9.84. The summed E-state index contributed by atoms with van der Waals surface area (Å²) < 4.78 is 0. The third kappa shape index (κ3) is 4.37. The number of unbranched alkanes of at least 4 members (excludes halogenated alkanes) is 2. The van der Waals surface area contributed by atoms with Gasteiger partial charge in [-0.1, -0.05) is 64.0 Å². The molecule has 0 aliphatic heterocycles. The zero-order chi connectivity index (χ0) is 15.8. The van der Waals surface area contributed by atoms with Gasteiger partial charge in [-0.2, -0.15) is 5.26 Å². The van der Waals surface area contributed by atoms with Crippen molar-refractivity contribution in [3.8, 4) is 6.07 Å². The monoisotopic (exact) mass is 301 g/mol. The fourth-order valence-electron chi connectivity index (χ4n) is 4.53. The molecule has 0 bridgehead atoms. The molecule has 2 aliphatic carbocycles. The Hall–Kier alpha value is -0.770. The standard InChI is InChI=1S/C21H35N/c1-3-5-7-18-9-11-20(12-10-18)21(17-22)15-13-19(14-16-21)8-6-4-2/h11,18-19H,3-10,12-16H2,1-2H3. The molecule has 1 saturated carbocycles. The minimum atomic E-state index is -0.0849. The number of allylic oxidation sites excluding steroid dienone is 2. The first-order valence-corrected chi connectivity index (χ1v) is 9.84. The predicted octanol–water partition coefficient (Wildman–Crippen LogP) is 6.79. The van der Waals surface area contributed by atoms with Crippen LogP contribution < -0.4 is 0 Å². The molecule has 0 aromatic heterocycles. The Morgan fingerprint density at radius 2 is 1.68 bits per heavy atom. The van der Waals surface area contributed by atoms with E-state index in [9.17, 15) is 5.26 Å². The molecule has 1 heteroatoms. The van der Waals surface area contributed by atoms with Gasteiger partial charge in [0.05, 0.1) is 11.5 Å². The zero-order valence-corrected chi connectivity index (χ0v) is 14.9. The summed E-state index contributed by atoms with van der Waals surface area (Å²) in [4.78, 5) is 0. The van der Waals surface area contributed by atoms with Crippen LogP contribution in [0.4, 0.5) is 0 Å². The average molecular weight is 302 g/mol. The van der Waals surface area contributed by atoms with Crippen LogP contribution in [0.3, 0.4) is 0 Å². The molecule has 1 fully saturated rings. The number of nitriles is 1. The van der Waals surface area contributed by atoms with Crippen LogP contribution in [0, 0.1) is 28.6 Å². The molecule has 2 rings (SSSR count). The van der Waals surface area contributed by atoms with E-state index in [-0.39, 0.29) is 5.41 Å². The second-order valence-corrected chi connectivity index (χ2v) is 7.79. The average Bonchev–Trinajstić information content (AvgIpc) is 2.59. The largest absolute Gasteiger partial charge is 0.197 e. The van der Waals surface area contributed by atoms with Crippen molar-refractivity contribution in [2.24, 2.45) is 17.3 Å². The van der Waals surface area contributed by atoms with Gasteiger partial charge in [-0.05, 0) is 56.8 Å². The molecule has 1 unspecified atom stereocenters. The van der Waals surface area contributed by atoms with Gasteiger partial charge in [0.1, 0.15) is 0 Å². The third-order valence-electron chi connectivity index (χ3n) is 6.24. The quantitative estimate of drug-likeness (QED) is 0.475. The molecule has 0 radical (unpaired) electrons. The van der Waals surface area contributed by atoms with Crippen LogP contribution in [0.2, 0.25) is 0 Å². The van der Waals surface area contributed by atoms with Crippen molar-refractivity contribution in [3.05, 3.63) is 11.6 Å². The Kier molecular flexibility index (Phi) is 7.00. The Balaban J connectivity index is 1.90. The SMILES string of the molecule is CCCCC1CC=C(C2(C#N)CCC(CCCC)CC2)CC1. The minimum Gasteiger partial charge on any atom is -0.197 e. The molecule has 1 nitrogen and oxygen atoms in total. The van der Waals surface area contributed by atoms with Crippen LogP contribution in [0.5, 0.6) is 0 Å². The first-order chi connectivity index (χ1) is 10.7. The highest BCUT2D eigenvalue weighted by atomic mass is 14.4. The van der Waals surface area contributed by atoms with E-state index >= 15 is 0 Å². The molecule has 22 heavy (non-hydrogen) atoms. The lowest BCUT2D eigenvalue weighted by atomic mass is 9.64. The lowest BCUT2D eigenvalue weighted by Gasteiger charge is -2.39. The summed E-state index contributed by atoms with van der Waals surface area (Å²) in [5.74, 6) is 1.78. The highest BCUT2D eigenvalue weighted by molar-refractivity contribution is 5.26. The lowest BCUT2D eigenvalue weighted by Crippen LogP contribution is -2.29. The molecule has 0 heterocycles. The molecular formula is C21H35N. The number of hydrogen-bond acceptors (Lipinski definition) is 1. The summed E-state index contributed by atoms with van der Waals surface area (Å²) in [5.41, 5.74) is 1.43. The molecule has 0 amide bonds. The number of rotatable bonds is 7. The van der Waals surface area contributed by atoms with E-state index in [2.05, 4.69) is 26.0 Å². The molecule has 1 atom stereocenters. The van der Waals surface area contributed by atoms with Gasteiger partial charge in [0.15, 0.2) is 0 Å². The van der Waals surface area contributed by atoms with Crippen LogP contribution in [-0.2, 0) is 0 Å². The van der Waals surface area contributed by atoms with Crippen LogP contribution >= 0.6 is 0 Å². The predicted molar refractivity (Wildman–Crippen MR) is 94.5 cm³/mol. The van der Waals surface area contributed by atoms with Gasteiger partial charge in [0.2, 0.25) is 0 Å². The first kappa shape index (κ1) is 17.6. The highest BCUT2D eigenvalue weighted by Crippen LogP contribution is 2.48. The molecular weight excluding hydrogens is 266 g/mol. The van der Waals surface area contributed by atoms with E-state index in [1.165, 1.54) is 76.2 Å². The van der Waals surface area contributed by atoms with Gasteiger partial charge in [0, 0.05) is 0 Å². The molecule has 124 valence electrons.